The first kappa shape index (κ1) is 9.79. The van der Waals surface area contributed by atoms with Crippen LogP contribution in [0.25, 0.3) is 11.1 Å². The zero-order valence-corrected chi connectivity index (χ0v) is 9.88. The number of hydrogen-bond acceptors (Lipinski definition) is 2. The second-order valence-electron chi connectivity index (χ2n) is 4.32. The second-order valence-corrected chi connectivity index (χ2v) is 5.10. The number of Topliss-reactive ketones (excluding diaryl/α,β-unsaturated/α-hetero) is 1. The summed E-state index contributed by atoms with van der Waals surface area (Å²) in [4.78, 5) is 12.1. The third-order valence-corrected chi connectivity index (χ3v) is 3.89. The van der Waals surface area contributed by atoms with Crippen molar-refractivity contribution in [2.45, 2.75) is 13.3 Å². The van der Waals surface area contributed by atoms with E-state index in [2.05, 4.69) is 35.0 Å². The molecule has 1 aromatic carbocycles. The molecule has 0 bridgehead atoms. The fourth-order valence-electron chi connectivity index (χ4n) is 2.39. The van der Waals surface area contributed by atoms with Crippen LogP contribution in [0.2, 0.25) is 0 Å². The van der Waals surface area contributed by atoms with Gasteiger partial charge in [0.25, 0.3) is 0 Å². The predicted molar refractivity (Wildman–Crippen MR) is 67.0 cm³/mol. The number of rotatable bonds is 1. The smallest absolute Gasteiger partial charge is 0.166 e. The summed E-state index contributed by atoms with van der Waals surface area (Å²) in [6.45, 7) is 2.01. The van der Waals surface area contributed by atoms with Gasteiger partial charge in [0.05, 0.1) is 0 Å². The summed E-state index contributed by atoms with van der Waals surface area (Å²) < 4.78 is 0. The minimum absolute atomic E-state index is 0.148. The molecular formula is C14H12OS. The van der Waals surface area contributed by atoms with Gasteiger partial charge < -0.3 is 0 Å². The predicted octanol–water partition coefficient (Wildman–Crippen LogP) is 3.79. The summed E-state index contributed by atoms with van der Waals surface area (Å²) in [5.74, 6) is 0.451. The Morgan fingerprint density at radius 1 is 1.31 bits per heavy atom. The molecule has 1 heterocycles. The Bertz CT molecular complexity index is 540. The Morgan fingerprint density at radius 3 is 2.94 bits per heavy atom. The minimum Gasteiger partial charge on any atom is -0.294 e. The highest BCUT2D eigenvalue weighted by molar-refractivity contribution is 7.08. The van der Waals surface area contributed by atoms with Gasteiger partial charge in [0.15, 0.2) is 5.78 Å². The summed E-state index contributed by atoms with van der Waals surface area (Å²) in [5, 5.41) is 4.16. The van der Waals surface area contributed by atoms with Crippen LogP contribution in [0.4, 0.5) is 0 Å². The SMILES string of the molecule is CC1Cc2cccc(-c3ccsc3)c2C1=O. The average Bonchev–Trinajstić information content (AvgIpc) is 2.88. The maximum absolute atomic E-state index is 12.1. The molecule has 1 atom stereocenters. The maximum Gasteiger partial charge on any atom is 0.166 e. The highest BCUT2D eigenvalue weighted by Crippen LogP contribution is 2.35. The van der Waals surface area contributed by atoms with E-state index in [1.54, 1.807) is 11.3 Å². The number of ketones is 1. The maximum atomic E-state index is 12.1. The lowest BCUT2D eigenvalue weighted by atomic mass is 9.98. The Labute approximate surface area is 98.7 Å². The van der Waals surface area contributed by atoms with E-state index in [9.17, 15) is 4.79 Å². The molecule has 3 rings (SSSR count). The van der Waals surface area contributed by atoms with Crippen molar-refractivity contribution in [2.75, 3.05) is 0 Å². The molecule has 1 nitrogen and oxygen atoms in total. The van der Waals surface area contributed by atoms with Gasteiger partial charge in [-0.15, -0.1) is 0 Å². The third-order valence-electron chi connectivity index (χ3n) is 3.20. The van der Waals surface area contributed by atoms with Crippen LogP contribution in [0.5, 0.6) is 0 Å². The number of carbonyl (C=O) groups is 1. The summed E-state index contributed by atoms with van der Waals surface area (Å²) in [7, 11) is 0. The molecule has 1 unspecified atom stereocenters. The summed E-state index contributed by atoms with van der Waals surface area (Å²) in [6.07, 6.45) is 0.895. The van der Waals surface area contributed by atoms with E-state index < -0.39 is 0 Å². The van der Waals surface area contributed by atoms with Crippen LogP contribution in [0.1, 0.15) is 22.8 Å². The Balaban J connectivity index is 2.23. The molecule has 16 heavy (non-hydrogen) atoms. The van der Waals surface area contributed by atoms with Gasteiger partial charge in [-0.25, -0.2) is 0 Å². The fraction of sp³-hybridized carbons (Fsp3) is 0.214. The van der Waals surface area contributed by atoms with Gasteiger partial charge in [0.2, 0.25) is 0 Å². The number of hydrogen-bond donors (Lipinski definition) is 0. The third kappa shape index (κ3) is 1.34. The number of fused-ring (bicyclic) bond motifs is 1. The monoisotopic (exact) mass is 228 g/mol. The Morgan fingerprint density at radius 2 is 2.19 bits per heavy atom. The highest BCUT2D eigenvalue weighted by Gasteiger charge is 2.29. The van der Waals surface area contributed by atoms with Crippen molar-refractivity contribution in [3.05, 3.63) is 46.2 Å². The molecule has 0 N–H and O–H groups in total. The van der Waals surface area contributed by atoms with Gasteiger partial charge in [-0.1, -0.05) is 25.1 Å². The van der Waals surface area contributed by atoms with Gasteiger partial charge >= 0.3 is 0 Å². The molecule has 0 saturated heterocycles. The van der Waals surface area contributed by atoms with E-state index in [4.69, 9.17) is 0 Å². The Kier molecular flexibility index (Phi) is 2.18. The molecular weight excluding hydrogens is 216 g/mol. The summed E-state index contributed by atoms with van der Waals surface area (Å²) in [6, 6.07) is 8.26. The largest absolute Gasteiger partial charge is 0.294 e. The van der Waals surface area contributed by atoms with E-state index in [1.807, 2.05) is 6.92 Å². The zero-order valence-electron chi connectivity index (χ0n) is 9.07. The molecule has 2 aromatic rings. The van der Waals surface area contributed by atoms with E-state index in [1.165, 1.54) is 11.1 Å². The fourth-order valence-corrected chi connectivity index (χ4v) is 3.04. The Hall–Kier alpha value is -1.41. The van der Waals surface area contributed by atoms with Crippen LogP contribution >= 0.6 is 11.3 Å². The van der Waals surface area contributed by atoms with Crippen LogP contribution in [-0.4, -0.2) is 5.78 Å². The van der Waals surface area contributed by atoms with Crippen molar-refractivity contribution < 1.29 is 4.79 Å². The van der Waals surface area contributed by atoms with Gasteiger partial charge in [-0.3, -0.25) is 4.79 Å². The summed E-state index contributed by atoms with van der Waals surface area (Å²) >= 11 is 1.67. The standard InChI is InChI=1S/C14H12OS/c1-9-7-10-3-2-4-12(13(10)14(9)15)11-5-6-16-8-11/h2-6,8-9H,7H2,1H3. The lowest BCUT2D eigenvalue weighted by Gasteiger charge is -2.05. The zero-order chi connectivity index (χ0) is 11.1. The van der Waals surface area contributed by atoms with E-state index in [0.29, 0.717) is 5.78 Å². The van der Waals surface area contributed by atoms with Crippen LogP contribution in [0.3, 0.4) is 0 Å². The lowest BCUT2D eigenvalue weighted by Crippen LogP contribution is -2.04. The second kappa shape index (κ2) is 3.56. The molecule has 1 aliphatic carbocycles. The first-order chi connectivity index (χ1) is 7.77. The number of benzene rings is 1. The molecule has 1 aliphatic rings. The van der Waals surface area contributed by atoms with Crippen molar-refractivity contribution in [1.29, 1.82) is 0 Å². The van der Waals surface area contributed by atoms with Crippen LogP contribution in [0, 0.1) is 5.92 Å². The molecule has 2 heteroatoms. The number of thiophene rings is 1. The molecule has 0 fully saturated rings. The first-order valence-electron chi connectivity index (χ1n) is 5.46. The topological polar surface area (TPSA) is 17.1 Å². The normalized spacial score (nSPS) is 18.8. The number of carbonyl (C=O) groups excluding carboxylic acids is 1. The lowest BCUT2D eigenvalue weighted by molar-refractivity contribution is 0.0947. The van der Waals surface area contributed by atoms with Crippen molar-refractivity contribution in [2.24, 2.45) is 5.92 Å². The highest BCUT2D eigenvalue weighted by atomic mass is 32.1. The average molecular weight is 228 g/mol. The quantitative estimate of drug-likeness (QED) is 0.725. The van der Waals surface area contributed by atoms with Crippen molar-refractivity contribution in [3.8, 4) is 11.1 Å². The van der Waals surface area contributed by atoms with Gasteiger partial charge in [-0.2, -0.15) is 11.3 Å². The molecule has 0 amide bonds. The van der Waals surface area contributed by atoms with Crippen LogP contribution < -0.4 is 0 Å². The molecule has 0 saturated carbocycles. The van der Waals surface area contributed by atoms with E-state index in [0.717, 1.165) is 17.5 Å². The van der Waals surface area contributed by atoms with Gasteiger partial charge in [-0.05, 0) is 39.9 Å². The van der Waals surface area contributed by atoms with Gasteiger partial charge in [0, 0.05) is 11.5 Å². The van der Waals surface area contributed by atoms with Crippen molar-refractivity contribution in [1.82, 2.24) is 0 Å². The minimum atomic E-state index is 0.148. The molecule has 0 radical (unpaired) electrons. The van der Waals surface area contributed by atoms with E-state index in [-0.39, 0.29) is 5.92 Å². The molecule has 80 valence electrons. The van der Waals surface area contributed by atoms with Gasteiger partial charge in [0.1, 0.15) is 0 Å². The first-order valence-corrected chi connectivity index (χ1v) is 6.40. The molecule has 1 aromatic heterocycles. The summed E-state index contributed by atoms with van der Waals surface area (Å²) in [5.41, 5.74) is 4.44. The van der Waals surface area contributed by atoms with Crippen molar-refractivity contribution >= 4 is 17.1 Å². The van der Waals surface area contributed by atoms with Crippen molar-refractivity contribution in [3.63, 3.8) is 0 Å². The molecule has 0 spiro atoms. The van der Waals surface area contributed by atoms with Crippen LogP contribution in [0.15, 0.2) is 35.0 Å². The molecule has 0 aliphatic heterocycles. The van der Waals surface area contributed by atoms with Crippen LogP contribution in [-0.2, 0) is 6.42 Å². The van der Waals surface area contributed by atoms with E-state index >= 15 is 0 Å².